The van der Waals surface area contributed by atoms with Crippen LogP contribution in [0.5, 0.6) is 0 Å². The molecule has 1 aliphatic heterocycles. The minimum atomic E-state index is 0.730. The maximum absolute atomic E-state index is 3.49. The van der Waals surface area contributed by atoms with Crippen LogP contribution in [-0.2, 0) is 0 Å². The van der Waals surface area contributed by atoms with Crippen LogP contribution in [-0.4, -0.2) is 13.1 Å². The molecule has 0 amide bonds. The molecule has 1 nitrogen and oxygen atoms in total. The number of piperidine rings is 1. The summed E-state index contributed by atoms with van der Waals surface area (Å²) in [7, 11) is 0. The molecule has 0 spiro atoms. The van der Waals surface area contributed by atoms with Gasteiger partial charge in [0.25, 0.3) is 0 Å². The van der Waals surface area contributed by atoms with Gasteiger partial charge in [-0.05, 0) is 48.6 Å². The van der Waals surface area contributed by atoms with Crippen LogP contribution in [0.2, 0.25) is 0 Å². The molecule has 0 N–H and O–H groups in total. The van der Waals surface area contributed by atoms with Crippen LogP contribution >= 0.6 is 15.9 Å². The molecule has 2 heteroatoms. The molecule has 0 atom stereocenters. The van der Waals surface area contributed by atoms with E-state index >= 15 is 0 Å². The van der Waals surface area contributed by atoms with Crippen molar-refractivity contribution in [1.82, 2.24) is 0 Å². The van der Waals surface area contributed by atoms with Crippen molar-refractivity contribution >= 4 is 21.6 Å². The van der Waals surface area contributed by atoms with Crippen LogP contribution < -0.4 is 4.90 Å². The van der Waals surface area contributed by atoms with Gasteiger partial charge in [0.15, 0.2) is 0 Å². The first-order chi connectivity index (χ1) is 9.33. The Morgan fingerprint density at radius 2 is 1.47 bits per heavy atom. The number of hydrogen-bond acceptors (Lipinski definition) is 1. The molecule has 0 radical (unpaired) electrons. The summed E-state index contributed by atoms with van der Waals surface area (Å²) in [6.45, 7) is 2.31. The lowest BCUT2D eigenvalue weighted by Gasteiger charge is -2.34. The number of anilines is 1. The minimum Gasteiger partial charge on any atom is -0.371 e. The van der Waals surface area contributed by atoms with Crippen molar-refractivity contribution in [3.05, 3.63) is 64.6 Å². The minimum absolute atomic E-state index is 0.730. The van der Waals surface area contributed by atoms with Gasteiger partial charge in [0.2, 0.25) is 0 Å². The Bertz CT molecular complexity index is 513. The van der Waals surface area contributed by atoms with Gasteiger partial charge in [-0.25, -0.2) is 0 Å². The lowest BCUT2D eigenvalue weighted by molar-refractivity contribution is 0.505. The van der Waals surface area contributed by atoms with E-state index in [1.807, 2.05) is 0 Å². The Hall–Kier alpha value is -1.28. The van der Waals surface area contributed by atoms with Crippen LogP contribution in [0.3, 0.4) is 0 Å². The summed E-state index contributed by atoms with van der Waals surface area (Å²) in [4.78, 5) is 2.49. The Labute approximate surface area is 123 Å². The van der Waals surface area contributed by atoms with Crippen molar-refractivity contribution < 1.29 is 0 Å². The zero-order valence-electron chi connectivity index (χ0n) is 10.9. The zero-order chi connectivity index (χ0) is 13.1. The van der Waals surface area contributed by atoms with Gasteiger partial charge in [-0.1, -0.05) is 46.3 Å². The van der Waals surface area contributed by atoms with Crippen molar-refractivity contribution in [1.29, 1.82) is 0 Å². The first-order valence-corrected chi connectivity index (χ1v) is 7.68. The lowest BCUT2D eigenvalue weighted by atomic mass is 9.89. The van der Waals surface area contributed by atoms with E-state index in [2.05, 4.69) is 75.4 Å². The van der Waals surface area contributed by atoms with Gasteiger partial charge in [0, 0.05) is 23.2 Å². The summed E-state index contributed by atoms with van der Waals surface area (Å²) in [5.74, 6) is 0.730. The van der Waals surface area contributed by atoms with E-state index in [-0.39, 0.29) is 0 Å². The third-order valence-electron chi connectivity index (χ3n) is 3.96. The first kappa shape index (κ1) is 12.7. The van der Waals surface area contributed by atoms with Crippen molar-refractivity contribution in [2.24, 2.45) is 0 Å². The highest BCUT2D eigenvalue weighted by Crippen LogP contribution is 2.30. The fraction of sp³-hybridized carbons (Fsp3) is 0.294. The number of rotatable bonds is 2. The highest BCUT2D eigenvalue weighted by Gasteiger charge is 2.20. The predicted octanol–water partition coefficient (Wildman–Crippen LogP) is 4.83. The van der Waals surface area contributed by atoms with Gasteiger partial charge >= 0.3 is 0 Å². The van der Waals surface area contributed by atoms with E-state index in [9.17, 15) is 0 Å². The number of hydrogen-bond donors (Lipinski definition) is 0. The van der Waals surface area contributed by atoms with E-state index in [4.69, 9.17) is 0 Å². The topological polar surface area (TPSA) is 3.24 Å². The van der Waals surface area contributed by atoms with Gasteiger partial charge < -0.3 is 4.90 Å². The monoisotopic (exact) mass is 315 g/mol. The van der Waals surface area contributed by atoms with E-state index in [1.165, 1.54) is 24.1 Å². The molecule has 0 aliphatic carbocycles. The van der Waals surface area contributed by atoms with Crippen molar-refractivity contribution in [3.8, 4) is 0 Å². The normalized spacial score (nSPS) is 16.6. The number of benzene rings is 2. The standard InChI is InChI=1S/C17H18BrN/c18-16-6-8-17(9-7-16)19-12-10-15(11-13-19)14-4-2-1-3-5-14/h1-9,15H,10-13H2. The molecule has 0 unspecified atom stereocenters. The fourth-order valence-electron chi connectivity index (χ4n) is 2.85. The molecule has 3 rings (SSSR count). The number of halogens is 1. The average molecular weight is 316 g/mol. The molecule has 0 bridgehead atoms. The second kappa shape index (κ2) is 5.79. The predicted molar refractivity (Wildman–Crippen MR) is 84.8 cm³/mol. The van der Waals surface area contributed by atoms with Crippen LogP contribution in [0.25, 0.3) is 0 Å². The summed E-state index contributed by atoms with van der Waals surface area (Å²) in [5, 5.41) is 0. The zero-order valence-corrected chi connectivity index (χ0v) is 12.5. The largest absolute Gasteiger partial charge is 0.371 e. The molecule has 0 aromatic heterocycles. The molecule has 1 heterocycles. The molecular formula is C17H18BrN. The Morgan fingerprint density at radius 1 is 0.842 bits per heavy atom. The Morgan fingerprint density at radius 3 is 2.11 bits per heavy atom. The molecular weight excluding hydrogens is 298 g/mol. The summed E-state index contributed by atoms with van der Waals surface area (Å²) < 4.78 is 1.15. The van der Waals surface area contributed by atoms with Crippen molar-refractivity contribution in [2.45, 2.75) is 18.8 Å². The quantitative estimate of drug-likeness (QED) is 0.767. The Balaban J connectivity index is 1.65. The maximum Gasteiger partial charge on any atom is 0.0366 e. The van der Waals surface area contributed by atoms with Gasteiger partial charge in [0.05, 0.1) is 0 Å². The summed E-state index contributed by atoms with van der Waals surface area (Å²) in [6, 6.07) is 19.6. The lowest BCUT2D eigenvalue weighted by Crippen LogP contribution is -2.32. The molecule has 2 aromatic carbocycles. The molecule has 1 saturated heterocycles. The second-order valence-corrected chi connectivity index (χ2v) is 6.06. The van der Waals surface area contributed by atoms with Gasteiger partial charge in [-0.2, -0.15) is 0 Å². The molecule has 98 valence electrons. The third kappa shape index (κ3) is 3.01. The van der Waals surface area contributed by atoms with Gasteiger partial charge in [-0.3, -0.25) is 0 Å². The van der Waals surface area contributed by atoms with Crippen LogP contribution in [0.15, 0.2) is 59.1 Å². The fourth-order valence-corrected chi connectivity index (χ4v) is 3.11. The van der Waals surface area contributed by atoms with Crippen molar-refractivity contribution in [2.75, 3.05) is 18.0 Å². The average Bonchev–Trinajstić information content (AvgIpc) is 2.49. The van der Waals surface area contributed by atoms with Crippen molar-refractivity contribution in [3.63, 3.8) is 0 Å². The van der Waals surface area contributed by atoms with Crippen LogP contribution in [0.1, 0.15) is 24.3 Å². The van der Waals surface area contributed by atoms with E-state index in [0.29, 0.717) is 0 Å². The van der Waals surface area contributed by atoms with Crippen LogP contribution in [0.4, 0.5) is 5.69 Å². The highest BCUT2D eigenvalue weighted by molar-refractivity contribution is 9.10. The van der Waals surface area contributed by atoms with Gasteiger partial charge in [-0.15, -0.1) is 0 Å². The van der Waals surface area contributed by atoms with E-state index in [0.717, 1.165) is 23.5 Å². The Kier molecular flexibility index (Phi) is 3.88. The first-order valence-electron chi connectivity index (χ1n) is 6.88. The van der Waals surface area contributed by atoms with E-state index < -0.39 is 0 Å². The molecule has 1 aliphatic rings. The molecule has 0 saturated carbocycles. The van der Waals surface area contributed by atoms with Gasteiger partial charge in [0.1, 0.15) is 0 Å². The molecule has 2 aromatic rings. The smallest absolute Gasteiger partial charge is 0.0366 e. The molecule has 19 heavy (non-hydrogen) atoms. The summed E-state index contributed by atoms with van der Waals surface area (Å²) in [5.41, 5.74) is 2.84. The van der Waals surface area contributed by atoms with E-state index in [1.54, 1.807) is 0 Å². The summed E-state index contributed by atoms with van der Waals surface area (Å²) in [6.07, 6.45) is 2.50. The summed E-state index contributed by atoms with van der Waals surface area (Å²) >= 11 is 3.49. The number of nitrogens with zero attached hydrogens (tertiary/aromatic N) is 1. The maximum atomic E-state index is 3.49. The van der Waals surface area contributed by atoms with Crippen LogP contribution in [0, 0.1) is 0 Å². The second-order valence-electron chi connectivity index (χ2n) is 5.15. The SMILES string of the molecule is Brc1ccc(N2CCC(c3ccccc3)CC2)cc1. The molecule has 1 fully saturated rings. The highest BCUT2D eigenvalue weighted by atomic mass is 79.9. The third-order valence-corrected chi connectivity index (χ3v) is 4.49.